The minimum atomic E-state index is -0.531. The zero-order valence-corrected chi connectivity index (χ0v) is 21.7. The molecule has 0 radical (unpaired) electrons. The molecule has 8 nitrogen and oxygen atoms in total. The van der Waals surface area contributed by atoms with Gasteiger partial charge in [-0.05, 0) is 68.2 Å². The van der Waals surface area contributed by atoms with Crippen molar-refractivity contribution in [3.63, 3.8) is 0 Å². The van der Waals surface area contributed by atoms with Gasteiger partial charge in [-0.15, -0.1) is 0 Å². The molecule has 192 valence electrons. The molecule has 0 saturated carbocycles. The number of carbonyl (C=O) groups excluding carboxylic acids is 2. The average molecular weight is 507 g/mol. The van der Waals surface area contributed by atoms with Crippen LogP contribution in [0.25, 0.3) is 11.3 Å². The van der Waals surface area contributed by atoms with E-state index in [1.807, 2.05) is 48.3 Å². The van der Waals surface area contributed by atoms with Gasteiger partial charge in [-0.2, -0.15) is 5.10 Å². The number of nitrogens with zero attached hydrogens (tertiary/aromatic N) is 4. The maximum absolute atomic E-state index is 13.1. The van der Waals surface area contributed by atoms with Crippen LogP contribution >= 0.6 is 0 Å². The normalized spacial score (nSPS) is 15.0. The van der Waals surface area contributed by atoms with E-state index >= 15 is 0 Å². The zero-order valence-electron chi connectivity index (χ0n) is 21.7. The lowest BCUT2D eigenvalue weighted by Crippen LogP contribution is -2.34. The molecule has 1 unspecified atom stereocenters. The molecule has 2 aromatic heterocycles. The molecule has 0 aliphatic carbocycles. The summed E-state index contributed by atoms with van der Waals surface area (Å²) in [5, 5.41) is 11.0. The Hall–Kier alpha value is -4.43. The molecule has 38 heavy (non-hydrogen) atoms. The summed E-state index contributed by atoms with van der Waals surface area (Å²) in [5.41, 5.74) is 6.01. The molecule has 1 aliphatic heterocycles. The molecule has 1 aliphatic rings. The van der Waals surface area contributed by atoms with Crippen molar-refractivity contribution in [2.75, 3.05) is 11.9 Å². The molecular formula is C30H30N6O2. The number of anilines is 2. The Labute approximate surface area is 221 Å². The number of benzene rings is 2. The number of ketones is 2. The molecular weight excluding hydrogens is 476 g/mol. The predicted octanol–water partition coefficient (Wildman–Crippen LogP) is 5.17. The van der Waals surface area contributed by atoms with Crippen LogP contribution in [0.5, 0.6) is 0 Å². The number of aryl methyl sites for hydroxylation is 1. The molecule has 0 amide bonds. The smallest absolute Gasteiger partial charge is 0.227 e. The molecule has 0 fully saturated rings. The van der Waals surface area contributed by atoms with Crippen LogP contribution in [0.1, 0.15) is 53.0 Å². The fraction of sp³-hybridized carbons (Fsp3) is 0.233. The number of hydrogen-bond donors (Lipinski definition) is 2. The molecule has 0 spiro atoms. The largest absolute Gasteiger partial charge is 0.324 e. The van der Waals surface area contributed by atoms with Crippen molar-refractivity contribution < 1.29 is 9.59 Å². The molecule has 3 heterocycles. The van der Waals surface area contributed by atoms with Gasteiger partial charge in [0.25, 0.3) is 0 Å². The van der Waals surface area contributed by atoms with Gasteiger partial charge in [-0.25, -0.2) is 9.97 Å². The van der Waals surface area contributed by atoms with Crippen LogP contribution in [0.15, 0.2) is 79.3 Å². The average Bonchev–Trinajstić information content (AvgIpc) is 3.43. The summed E-state index contributed by atoms with van der Waals surface area (Å²) >= 11 is 0. The number of hydrogen-bond acceptors (Lipinski definition) is 7. The lowest BCUT2D eigenvalue weighted by Gasteiger charge is -2.26. The van der Waals surface area contributed by atoms with Crippen LogP contribution in [0, 0.1) is 6.92 Å². The molecule has 1 atom stereocenters. The van der Waals surface area contributed by atoms with Gasteiger partial charge in [0.2, 0.25) is 5.95 Å². The number of allylic oxidation sites excluding steroid dienone is 1. The summed E-state index contributed by atoms with van der Waals surface area (Å²) in [6, 6.07) is 14.6. The maximum atomic E-state index is 13.1. The van der Waals surface area contributed by atoms with E-state index in [2.05, 4.69) is 34.6 Å². The van der Waals surface area contributed by atoms with Gasteiger partial charge in [0.15, 0.2) is 11.6 Å². The Balaban J connectivity index is 1.36. The lowest BCUT2D eigenvalue weighted by atomic mass is 9.91. The first kappa shape index (κ1) is 25.2. The number of carbonyl (C=O) groups is 2. The quantitative estimate of drug-likeness (QED) is 0.251. The van der Waals surface area contributed by atoms with E-state index in [-0.39, 0.29) is 17.6 Å². The van der Waals surface area contributed by atoms with Gasteiger partial charge in [0.05, 0.1) is 17.9 Å². The summed E-state index contributed by atoms with van der Waals surface area (Å²) in [4.78, 5) is 34.7. The van der Waals surface area contributed by atoms with Gasteiger partial charge >= 0.3 is 0 Å². The van der Waals surface area contributed by atoms with Crippen molar-refractivity contribution in [1.29, 1.82) is 0 Å². The Kier molecular flexibility index (Phi) is 7.24. The van der Waals surface area contributed by atoms with Crippen molar-refractivity contribution in [2.45, 2.75) is 39.3 Å². The summed E-state index contributed by atoms with van der Waals surface area (Å²) in [6.07, 6.45) is 9.12. The molecule has 2 N–H and O–H groups in total. The summed E-state index contributed by atoms with van der Waals surface area (Å²) in [6.45, 7) is 6.82. The third kappa shape index (κ3) is 5.45. The van der Waals surface area contributed by atoms with E-state index in [0.717, 1.165) is 40.1 Å². The highest BCUT2D eigenvalue weighted by molar-refractivity contribution is 6.08. The first-order valence-electron chi connectivity index (χ1n) is 12.7. The fourth-order valence-corrected chi connectivity index (χ4v) is 4.50. The molecule has 0 saturated heterocycles. The van der Waals surface area contributed by atoms with E-state index in [1.165, 1.54) is 12.2 Å². The number of aromatic nitrogens is 4. The van der Waals surface area contributed by atoms with Gasteiger partial charge in [-0.3, -0.25) is 14.3 Å². The Bertz CT molecular complexity index is 1510. The molecule has 5 rings (SSSR count). The second kappa shape index (κ2) is 10.9. The second-order valence-electron chi connectivity index (χ2n) is 9.67. The van der Waals surface area contributed by atoms with E-state index < -0.39 is 6.04 Å². The number of fused-ring (bicyclic) bond motifs is 1. The van der Waals surface area contributed by atoms with Crippen LogP contribution in [0.3, 0.4) is 0 Å². The van der Waals surface area contributed by atoms with E-state index in [0.29, 0.717) is 18.1 Å². The SMILES string of the molecule is Cc1cnc(Nc2ccc3c(c2)C(C(=O)C=CC(=O)c2ccccc2)NCC3)nc1-c1cnn(C(C)C)c1. The Morgan fingerprint density at radius 3 is 2.68 bits per heavy atom. The van der Waals surface area contributed by atoms with Crippen molar-refractivity contribution in [3.05, 3.63) is 102 Å². The summed E-state index contributed by atoms with van der Waals surface area (Å²) in [5.74, 6) is 0.0999. The van der Waals surface area contributed by atoms with Crippen molar-refractivity contribution >= 4 is 23.2 Å². The first-order valence-corrected chi connectivity index (χ1v) is 12.7. The monoisotopic (exact) mass is 506 g/mol. The topological polar surface area (TPSA) is 102 Å². The van der Waals surface area contributed by atoms with Gasteiger partial charge < -0.3 is 10.6 Å². The van der Waals surface area contributed by atoms with Crippen LogP contribution < -0.4 is 10.6 Å². The Morgan fingerprint density at radius 2 is 1.92 bits per heavy atom. The van der Waals surface area contributed by atoms with Gasteiger partial charge in [0, 0.05) is 41.8 Å². The number of rotatable bonds is 8. The minimum Gasteiger partial charge on any atom is -0.324 e. The highest BCUT2D eigenvalue weighted by Crippen LogP contribution is 2.29. The second-order valence-corrected chi connectivity index (χ2v) is 9.67. The number of nitrogens with one attached hydrogen (secondary N) is 2. The summed E-state index contributed by atoms with van der Waals surface area (Å²) < 4.78 is 1.90. The Morgan fingerprint density at radius 1 is 1.11 bits per heavy atom. The standard InChI is InChI=1S/C30H30N6O2/c1-19(2)36-18-23(17-33-36)28-20(3)16-32-30(35-28)34-24-10-9-21-13-14-31-29(25(21)15-24)27(38)12-11-26(37)22-7-5-4-6-8-22/h4-12,15-19,29,31H,13-14H2,1-3H3,(H,32,34,35). The van der Waals surface area contributed by atoms with Crippen LogP contribution in [0.4, 0.5) is 11.6 Å². The van der Waals surface area contributed by atoms with Crippen LogP contribution in [-0.4, -0.2) is 37.9 Å². The van der Waals surface area contributed by atoms with Crippen LogP contribution in [-0.2, 0) is 11.2 Å². The lowest BCUT2D eigenvalue weighted by molar-refractivity contribution is -0.116. The zero-order chi connectivity index (χ0) is 26.6. The first-order chi connectivity index (χ1) is 18.4. The predicted molar refractivity (Wildman–Crippen MR) is 147 cm³/mol. The van der Waals surface area contributed by atoms with E-state index in [1.54, 1.807) is 30.5 Å². The molecule has 4 aromatic rings. The van der Waals surface area contributed by atoms with Gasteiger partial charge in [0.1, 0.15) is 0 Å². The third-order valence-electron chi connectivity index (χ3n) is 6.57. The maximum Gasteiger partial charge on any atom is 0.227 e. The van der Waals surface area contributed by atoms with Crippen molar-refractivity contribution in [3.8, 4) is 11.3 Å². The van der Waals surface area contributed by atoms with Crippen molar-refractivity contribution in [2.24, 2.45) is 0 Å². The highest BCUT2D eigenvalue weighted by atomic mass is 16.1. The highest BCUT2D eigenvalue weighted by Gasteiger charge is 2.25. The van der Waals surface area contributed by atoms with E-state index in [9.17, 15) is 9.59 Å². The summed E-state index contributed by atoms with van der Waals surface area (Å²) in [7, 11) is 0. The van der Waals surface area contributed by atoms with Gasteiger partial charge in [-0.1, -0.05) is 36.4 Å². The van der Waals surface area contributed by atoms with Crippen molar-refractivity contribution in [1.82, 2.24) is 25.1 Å². The van der Waals surface area contributed by atoms with Crippen LogP contribution in [0.2, 0.25) is 0 Å². The molecule has 0 bridgehead atoms. The molecule has 8 heteroatoms. The minimum absolute atomic E-state index is 0.164. The van der Waals surface area contributed by atoms with E-state index in [4.69, 9.17) is 4.98 Å². The third-order valence-corrected chi connectivity index (χ3v) is 6.57. The fourth-order valence-electron chi connectivity index (χ4n) is 4.50. The molecule has 2 aromatic carbocycles.